The fourth-order valence-electron chi connectivity index (χ4n) is 6.39. The number of ether oxygens (including phenoxy) is 1. The first-order valence-corrected chi connectivity index (χ1v) is 16.4. The van der Waals surface area contributed by atoms with E-state index in [0.717, 1.165) is 55.2 Å². The van der Waals surface area contributed by atoms with Gasteiger partial charge >= 0.3 is 5.16 Å². The van der Waals surface area contributed by atoms with E-state index in [2.05, 4.69) is 52.0 Å². The van der Waals surface area contributed by atoms with E-state index < -0.39 is 11.2 Å². The van der Waals surface area contributed by atoms with Crippen LogP contribution < -0.4 is 10.2 Å². The molecule has 3 fully saturated rings. The summed E-state index contributed by atoms with van der Waals surface area (Å²) in [4.78, 5) is 17.1. The molecule has 3 aliphatic rings. The van der Waals surface area contributed by atoms with Crippen molar-refractivity contribution in [3.63, 3.8) is 0 Å². The summed E-state index contributed by atoms with van der Waals surface area (Å²) in [5, 5.41) is 3.98. The molecule has 210 valence electrons. The van der Waals surface area contributed by atoms with Crippen molar-refractivity contribution in [1.29, 1.82) is 0 Å². The Morgan fingerprint density at radius 1 is 1.03 bits per heavy atom. The summed E-state index contributed by atoms with van der Waals surface area (Å²) in [6, 6.07) is 10.7. The lowest BCUT2D eigenvalue weighted by atomic mass is 9.83. The maximum Gasteiger partial charge on any atom is 0.346 e. The van der Waals surface area contributed by atoms with E-state index in [0.29, 0.717) is 29.9 Å². The number of nitrogens with one attached hydrogen (secondary N) is 1. The van der Waals surface area contributed by atoms with Crippen LogP contribution in [0.1, 0.15) is 69.9 Å². The molecule has 2 saturated carbocycles. The Bertz CT molecular complexity index is 1240. The summed E-state index contributed by atoms with van der Waals surface area (Å²) in [6.45, 7) is 6.17. The van der Waals surface area contributed by atoms with Crippen LogP contribution in [0.25, 0.3) is 11.2 Å². The van der Waals surface area contributed by atoms with Crippen molar-refractivity contribution in [3.05, 3.63) is 35.9 Å². The van der Waals surface area contributed by atoms with Gasteiger partial charge in [-0.3, -0.25) is 0 Å². The Hall–Kier alpha value is -2.36. The number of imidazole rings is 1. The van der Waals surface area contributed by atoms with Gasteiger partial charge in [0.05, 0.1) is 19.3 Å². The summed E-state index contributed by atoms with van der Waals surface area (Å²) >= 11 is -1.29. The van der Waals surface area contributed by atoms with Crippen LogP contribution in [0.4, 0.5) is 11.8 Å². The smallest absolute Gasteiger partial charge is 0.346 e. The molecule has 0 spiro atoms. The van der Waals surface area contributed by atoms with Gasteiger partial charge in [0, 0.05) is 30.8 Å². The molecule has 1 saturated heterocycles. The molecule has 0 radical (unpaired) electrons. The second-order valence-corrected chi connectivity index (χ2v) is 13.1. The van der Waals surface area contributed by atoms with Crippen molar-refractivity contribution in [2.45, 2.75) is 76.0 Å². The number of fused-ring (bicyclic) bond motifs is 1. The molecule has 8 nitrogen and oxygen atoms in total. The highest BCUT2D eigenvalue weighted by Crippen LogP contribution is 2.37. The lowest BCUT2D eigenvalue weighted by molar-refractivity contribution is 0.0927. The van der Waals surface area contributed by atoms with Crippen LogP contribution in [0.2, 0.25) is 0 Å². The Morgan fingerprint density at radius 3 is 2.54 bits per heavy atom. The molecule has 0 amide bonds. The van der Waals surface area contributed by atoms with E-state index in [1.165, 1.54) is 50.5 Å². The van der Waals surface area contributed by atoms with Crippen LogP contribution >= 0.6 is 0 Å². The minimum atomic E-state index is -1.29. The zero-order valence-corrected chi connectivity index (χ0v) is 24.2. The molecular formula is C30H42N6O2S. The molecule has 0 bridgehead atoms. The third-order valence-corrected chi connectivity index (χ3v) is 9.73. The third-order valence-electron chi connectivity index (χ3n) is 9.04. The van der Waals surface area contributed by atoms with Crippen LogP contribution in [0.15, 0.2) is 35.5 Å². The molecule has 1 aliphatic heterocycles. The molecule has 2 aliphatic carbocycles. The van der Waals surface area contributed by atoms with Gasteiger partial charge < -0.3 is 24.1 Å². The number of rotatable bonds is 9. The molecule has 3 aromatic rings. The molecule has 2 aromatic heterocycles. The van der Waals surface area contributed by atoms with Crippen LogP contribution in [0.5, 0.6) is 0 Å². The van der Waals surface area contributed by atoms with Gasteiger partial charge in [-0.15, -0.1) is 0 Å². The predicted octanol–water partition coefficient (Wildman–Crippen LogP) is 5.57. The molecule has 2 atom stereocenters. The Balaban J connectivity index is 1.42. The van der Waals surface area contributed by atoms with E-state index in [4.69, 9.17) is 19.7 Å². The van der Waals surface area contributed by atoms with Crippen LogP contribution in [0.3, 0.4) is 0 Å². The number of benzene rings is 1. The van der Waals surface area contributed by atoms with E-state index in [1.807, 2.05) is 0 Å². The first-order chi connectivity index (χ1) is 19.1. The van der Waals surface area contributed by atoms with Gasteiger partial charge in [-0.2, -0.15) is 15.0 Å². The topological polar surface area (TPSA) is 91.2 Å². The average Bonchev–Trinajstić information content (AvgIpc) is 3.29. The highest BCUT2D eigenvalue weighted by molar-refractivity contribution is 7.90. The van der Waals surface area contributed by atoms with Crippen LogP contribution in [0, 0.1) is 17.8 Å². The van der Waals surface area contributed by atoms with Crippen molar-refractivity contribution in [2.24, 2.45) is 17.8 Å². The molecule has 1 N–H and O–H groups in total. The number of nitrogens with zero attached hydrogens (tertiary/aromatic N) is 5. The van der Waals surface area contributed by atoms with Gasteiger partial charge in [0.15, 0.2) is 11.5 Å². The van der Waals surface area contributed by atoms with Crippen molar-refractivity contribution in [1.82, 2.24) is 19.5 Å². The van der Waals surface area contributed by atoms with E-state index in [9.17, 15) is 4.55 Å². The highest BCUT2D eigenvalue weighted by atomic mass is 32.2. The van der Waals surface area contributed by atoms with Crippen molar-refractivity contribution >= 4 is 34.1 Å². The van der Waals surface area contributed by atoms with E-state index in [1.54, 1.807) is 6.26 Å². The quantitative estimate of drug-likeness (QED) is 0.275. The molecule has 1 aromatic carbocycles. The lowest BCUT2D eigenvalue weighted by Gasteiger charge is -2.37. The first kappa shape index (κ1) is 26.8. The standard InChI is InChI=1S/C30H42N6O2S/c1-21-11-13-23(14-12-21)19-36-26-27(31-16-15-22-7-6-8-22)32-29(39(2)37)33-28(26)34-30(36)35-17-18-38-20-25(35)24-9-4-3-5-10-24/h3-5,9-10,21-23,25H,6-8,11-20H2,1-2H3,(H,31,32,33)/t21?,23?,25-,39?/m0/s1. The zero-order valence-electron chi connectivity index (χ0n) is 23.3. The highest BCUT2D eigenvalue weighted by Gasteiger charge is 2.32. The number of anilines is 2. The van der Waals surface area contributed by atoms with Gasteiger partial charge in [-0.05, 0) is 42.6 Å². The Kier molecular flexibility index (Phi) is 8.27. The van der Waals surface area contributed by atoms with Crippen LogP contribution in [-0.4, -0.2) is 56.6 Å². The molecule has 3 heterocycles. The monoisotopic (exact) mass is 550 g/mol. The van der Waals surface area contributed by atoms with E-state index in [-0.39, 0.29) is 6.04 Å². The van der Waals surface area contributed by atoms with Gasteiger partial charge in [0.1, 0.15) is 11.8 Å². The van der Waals surface area contributed by atoms with Crippen molar-refractivity contribution in [2.75, 3.05) is 42.8 Å². The number of hydrogen-bond donors (Lipinski definition) is 1. The second-order valence-electron chi connectivity index (χ2n) is 11.8. The maximum absolute atomic E-state index is 12.6. The third kappa shape index (κ3) is 5.91. The molecule has 9 heteroatoms. The summed E-state index contributed by atoms with van der Waals surface area (Å²) < 4.78 is 20.9. The SMILES string of the molecule is CC1CCC(Cn2c(N3CCOC[C@H]3c3ccccc3)nc3nc([S+](C)[O-])nc(NCCC4CCC4)c32)CC1. The summed E-state index contributed by atoms with van der Waals surface area (Å²) in [7, 11) is 0. The zero-order chi connectivity index (χ0) is 26.8. The Labute approximate surface area is 235 Å². The minimum Gasteiger partial charge on any atom is -0.609 e. The average molecular weight is 551 g/mol. The number of hydrogen-bond acceptors (Lipinski definition) is 7. The van der Waals surface area contributed by atoms with Gasteiger partial charge in [0.2, 0.25) is 5.95 Å². The number of morpholine rings is 1. The van der Waals surface area contributed by atoms with Crippen LogP contribution in [-0.2, 0) is 22.5 Å². The van der Waals surface area contributed by atoms with Crippen molar-refractivity contribution in [3.8, 4) is 0 Å². The number of aromatic nitrogens is 4. The summed E-state index contributed by atoms with van der Waals surface area (Å²) in [5.41, 5.74) is 2.81. The van der Waals surface area contributed by atoms with E-state index >= 15 is 0 Å². The minimum absolute atomic E-state index is 0.0738. The molecular weight excluding hydrogens is 508 g/mol. The summed E-state index contributed by atoms with van der Waals surface area (Å²) in [6.07, 6.45) is 11.8. The van der Waals surface area contributed by atoms with Gasteiger partial charge in [-0.25, -0.2) is 0 Å². The van der Waals surface area contributed by atoms with Crippen molar-refractivity contribution < 1.29 is 9.29 Å². The van der Waals surface area contributed by atoms with Gasteiger partial charge in [0.25, 0.3) is 0 Å². The molecule has 39 heavy (non-hydrogen) atoms. The fraction of sp³-hybridized carbons (Fsp3) is 0.633. The maximum atomic E-state index is 12.6. The fourth-order valence-corrected chi connectivity index (χ4v) is 6.82. The van der Waals surface area contributed by atoms with Gasteiger partial charge in [-0.1, -0.05) is 69.4 Å². The molecule has 6 rings (SSSR count). The summed E-state index contributed by atoms with van der Waals surface area (Å²) in [5.74, 6) is 3.90. The normalized spacial score (nSPS) is 25.0. The molecule has 1 unspecified atom stereocenters. The first-order valence-electron chi connectivity index (χ1n) is 14.8. The lowest BCUT2D eigenvalue weighted by Crippen LogP contribution is -2.41. The second kappa shape index (κ2) is 12.0. The predicted molar refractivity (Wildman–Crippen MR) is 157 cm³/mol. The largest absolute Gasteiger partial charge is 0.609 e. The Morgan fingerprint density at radius 2 is 1.82 bits per heavy atom.